The average Bonchev–Trinajstić information content (AvgIpc) is 2.87. The Morgan fingerprint density at radius 3 is 2.55 bits per heavy atom. The summed E-state index contributed by atoms with van der Waals surface area (Å²) in [6, 6.07) is 13.9. The van der Waals surface area contributed by atoms with Gasteiger partial charge in [-0.25, -0.2) is 4.98 Å². The van der Waals surface area contributed by atoms with Crippen LogP contribution >= 0.6 is 0 Å². The summed E-state index contributed by atoms with van der Waals surface area (Å²) in [6.07, 6.45) is 2.01. The summed E-state index contributed by atoms with van der Waals surface area (Å²) in [5, 5.41) is 9.50. The lowest BCUT2D eigenvalue weighted by molar-refractivity contribution is 0.242. The number of fused-ring (bicyclic) bond motifs is 1. The van der Waals surface area contributed by atoms with Crippen molar-refractivity contribution in [3.63, 3.8) is 0 Å². The van der Waals surface area contributed by atoms with Gasteiger partial charge in [-0.2, -0.15) is 5.26 Å². The summed E-state index contributed by atoms with van der Waals surface area (Å²) in [7, 11) is 0. The molecule has 0 amide bonds. The molecule has 3 rings (SSSR count). The standard InChI is InChI=1S/C18H17N3O/c1-12(2)22-15-8-6-14(7-9-15)17-16(11-19)21-10-4-5-13(3)18(21)20-17/h4-10,12H,1-3H3. The van der Waals surface area contributed by atoms with Gasteiger partial charge >= 0.3 is 0 Å². The first kappa shape index (κ1) is 14.2. The number of ether oxygens (including phenoxy) is 1. The maximum Gasteiger partial charge on any atom is 0.152 e. The molecule has 0 aliphatic carbocycles. The van der Waals surface area contributed by atoms with E-state index in [2.05, 4.69) is 11.1 Å². The summed E-state index contributed by atoms with van der Waals surface area (Å²) < 4.78 is 7.49. The first-order valence-electron chi connectivity index (χ1n) is 7.25. The van der Waals surface area contributed by atoms with Gasteiger partial charge < -0.3 is 4.74 Å². The third-order valence-electron chi connectivity index (χ3n) is 3.45. The minimum Gasteiger partial charge on any atom is -0.491 e. The summed E-state index contributed by atoms with van der Waals surface area (Å²) in [6.45, 7) is 5.98. The van der Waals surface area contributed by atoms with Crippen LogP contribution in [0.15, 0.2) is 42.6 Å². The number of aromatic nitrogens is 2. The number of nitrogens with zero attached hydrogens (tertiary/aromatic N) is 3. The van der Waals surface area contributed by atoms with Crippen LogP contribution in [-0.4, -0.2) is 15.5 Å². The molecule has 110 valence electrons. The zero-order chi connectivity index (χ0) is 15.7. The lowest BCUT2D eigenvalue weighted by atomic mass is 10.1. The van der Waals surface area contributed by atoms with Crippen LogP contribution in [0.5, 0.6) is 5.75 Å². The third kappa shape index (κ3) is 2.42. The summed E-state index contributed by atoms with van der Waals surface area (Å²) in [5.74, 6) is 0.817. The van der Waals surface area contributed by atoms with Gasteiger partial charge in [0.05, 0.1) is 6.10 Å². The van der Waals surface area contributed by atoms with Crippen molar-refractivity contribution in [2.45, 2.75) is 26.9 Å². The van der Waals surface area contributed by atoms with Crippen molar-refractivity contribution in [3.05, 3.63) is 53.9 Å². The number of imidazole rings is 1. The molecule has 0 N–H and O–H groups in total. The Balaban J connectivity index is 2.10. The molecular weight excluding hydrogens is 274 g/mol. The van der Waals surface area contributed by atoms with Gasteiger partial charge in [-0.15, -0.1) is 0 Å². The average molecular weight is 291 g/mol. The molecule has 0 saturated heterocycles. The van der Waals surface area contributed by atoms with Crippen molar-refractivity contribution in [1.82, 2.24) is 9.38 Å². The van der Waals surface area contributed by atoms with E-state index in [4.69, 9.17) is 4.74 Å². The van der Waals surface area contributed by atoms with Crippen molar-refractivity contribution in [2.24, 2.45) is 0 Å². The summed E-state index contributed by atoms with van der Waals surface area (Å²) >= 11 is 0. The first-order valence-corrected chi connectivity index (χ1v) is 7.25. The molecule has 1 aromatic carbocycles. The van der Waals surface area contributed by atoms with E-state index in [1.165, 1.54) is 0 Å². The monoisotopic (exact) mass is 291 g/mol. The predicted molar refractivity (Wildman–Crippen MR) is 85.8 cm³/mol. The molecule has 0 radical (unpaired) electrons. The summed E-state index contributed by atoms with van der Waals surface area (Å²) in [4.78, 5) is 4.64. The molecule has 4 nitrogen and oxygen atoms in total. The Labute approximate surface area is 129 Å². The van der Waals surface area contributed by atoms with Crippen LogP contribution in [0.4, 0.5) is 0 Å². The number of pyridine rings is 1. The number of hydrogen-bond acceptors (Lipinski definition) is 3. The maximum absolute atomic E-state index is 9.50. The quantitative estimate of drug-likeness (QED) is 0.733. The fraction of sp³-hybridized carbons (Fsp3) is 0.222. The van der Waals surface area contributed by atoms with E-state index < -0.39 is 0 Å². The minimum atomic E-state index is 0.137. The maximum atomic E-state index is 9.50. The number of rotatable bonds is 3. The molecule has 0 fully saturated rings. The lowest BCUT2D eigenvalue weighted by Gasteiger charge is -2.09. The minimum absolute atomic E-state index is 0.137. The van der Waals surface area contributed by atoms with E-state index in [1.54, 1.807) is 0 Å². The normalized spacial score (nSPS) is 10.9. The molecular formula is C18H17N3O. The second kappa shape index (κ2) is 5.53. The van der Waals surface area contributed by atoms with E-state index in [0.717, 1.165) is 22.5 Å². The molecule has 2 aromatic heterocycles. The van der Waals surface area contributed by atoms with Crippen LogP contribution in [0.3, 0.4) is 0 Å². The van der Waals surface area contributed by atoms with Crippen LogP contribution in [-0.2, 0) is 0 Å². The topological polar surface area (TPSA) is 50.3 Å². The molecule has 0 atom stereocenters. The molecule has 2 heterocycles. The number of aryl methyl sites for hydroxylation is 1. The van der Waals surface area contributed by atoms with Gasteiger partial charge in [0.25, 0.3) is 0 Å². The Morgan fingerprint density at radius 2 is 1.91 bits per heavy atom. The van der Waals surface area contributed by atoms with E-state index in [1.807, 2.05) is 67.8 Å². The fourth-order valence-corrected chi connectivity index (χ4v) is 2.48. The Hall–Kier alpha value is -2.80. The fourth-order valence-electron chi connectivity index (χ4n) is 2.48. The highest BCUT2D eigenvalue weighted by Crippen LogP contribution is 2.27. The second-order valence-corrected chi connectivity index (χ2v) is 5.50. The molecule has 0 saturated carbocycles. The van der Waals surface area contributed by atoms with E-state index in [9.17, 15) is 5.26 Å². The van der Waals surface area contributed by atoms with Crippen molar-refractivity contribution in [3.8, 4) is 23.1 Å². The van der Waals surface area contributed by atoms with Gasteiger partial charge in [-0.1, -0.05) is 6.07 Å². The molecule has 0 aliphatic rings. The molecule has 4 heteroatoms. The summed E-state index contributed by atoms with van der Waals surface area (Å²) in [5.41, 5.74) is 4.03. The SMILES string of the molecule is Cc1cccn2c(C#N)c(-c3ccc(OC(C)C)cc3)nc12. The van der Waals surface area contributed by atoms with Crippen LogP contribution < -0.4 is 4.74 Å². The van der Waals surface area contributed by atoms with Gasteiger partial charge in [-0.05, 0) is 56.7 Å². The highest BCUT2D eigenvalue weighted by Gasteiger charge is 2.14. The van der Waals surface area contributed by atoms with Crippen molar-refractivity contribution in [1.29, 1.82) is 5.26 Å². The zero-order valence-corrected chi connectivity index (χ0v) is 12.9. The Morgan fingerprint density at radius 1 is 1.18 bits per heavy atom. The Kier molecular flexibility index (Phi) is 3.56. The first-order chi connectivity index (χ1) is 10.6. The number of benzene rings is 1. The van der Waals surface area contributed by atoms with Gasteiger partial charge in [0.2, 0.25) is 0 Å². The third-order valence-corrected chi connectivity index (χ3v) is 3.45. The van der Waals surface area contributed by atoms with Gasteiger partial charge in [0.15, 0.2) is 5.69 Å². The molecule has 22 heavy (non-hydrogen) atoms. The largest absolute Gasteiger partial charge is 0.491 e. The Bertz CT molecular complexity index is 854. The second-order valence-electron chi connectivity index (χ2n) is 5.50. The number of nitriles is 1. The molecule has 3 aromatic rings. The van der Waals surface area contributed by atoms with E-state index >= 15 is 0 Å². The highest BCUT2D eigenvalue weighted by molar-refractivity contribution is 5.71. The molecule has 0 aliphatic heterocycles. The number of hydrogen-bond donors (Lipinski definition) is 0. The highest BCUT2D eigenvalue weighted by atomic mass is 16.5. The lowest BCUT2D eigenvalue weighted by Crippen LogP contribution is -2.05. The molecule has 0 unspecified atom stereocenters. The van der Waals surface area contributed by atoms with Gasteiger partial charge in [0.1, 0.15) is 23.2 Å². The molecule has 0 spiro atoms. The van der Waals surface area contributed by atoms with Gasteiger partial charge in [0, 0.05) is 11.8 Å². The zero-order valence-electron chi connectivity index (χ0n) is 12.9. The van der Waals surface area contributed by atoms with Crippen molar-refractivity contribution >= 4 is 5.65 Å². The smallest absolute Gasteiger partial charge is 0.152 e. The predicted octanol–water partition coefficient (Wildman–Crippen LogP) is 3.97. The van der Waals surface area contributed by atoms with Crippen molar-refractivity contribution < 1.29 is 4.74 Å². The van der Waals surface area contributed by atoms with Gasteiger partial charge in [-0.3, -0.25) is 4.40 Å². The van der Waals surface area contributed by atoms with Crippen LogP contribution in [0.25, 0.3) is 16.9 Å². The van der Waals surface area contributed by atoms with E-state index in [-0.39, 0.29) is 6.10 Å². The van der Waals surface area contributed by atoms with Crippen LogP contribution in [0, 0.1) is 18.3 Å². The van der Waals surface area contributed by atoms with Crippen molar-refractivity contribution in [2.75, 3.05) is 0 Å². The molecule has 0 bridgehead atoms. The van der Waals surface area contributed by atoms with E-state index in [0.29, 0.717) is 11.4 Å². The van der Waals surface area contributed by atoms with Crippen LogP contribution in [0.1, 0.15) is 25.1 Å². The van der Waals surface area contributed by atoms with Crippen LogP contribution in [0.2, 0.25) is 0 Å².